The van der Waals surface area contributed by atoms with E-state index in [0.29, 0.717) is 22.9 Å². The third-order valence-corrected chi connectivity index (χ3v) is 4.74. The predicted molar refractivity (Wildman–Crippen MR) is 106 cm³/mol. The van der Waals surface area contributed by atoms with E-state index in [4.69, 9.17) is 16.0 Å². The Kier molecular flexibility index (Phi) is 5.12. The van der Waals surface area contributed by atoms with Crippen molar-refractivity contribution in [3.63, 3.8) is 0 Å². The summed E-state index contributed by atoms with van der Waals surface area (Å²) in [6.07, 6.45) is 2.10. The zero-order valence-electron chi connectivity index (χ0n) is 14.8. The Morgan fingerprint density at radius 1 is 1.21 bits per heavy atom. The SMILES string of the molecule is O=C(CNc1cccc(F)c1)N1N=C(c2ccc(Cl)cc2)C[C@H]1c1ccco1. The molecule has 0 saturated heterocycles. The Hall–Kier alpha value is -3.12. The second-order valence-electron chi connectivity index (χ2n) is 6.39. The largest absolute Gasteiger partial charge is 0.467 e. The molecule has 4 rings (SSSR count). The van der Waals surface area contributed by atoms with Crippen molar-refractivity contribution in [2.75, 3.05) is 11.9 Å². The maximum atomic E-state index is 13.3. The third kappa shape index (κ3) is 3.92. The van der Waals surface area contributed by atoms with Crippen LogP contribution in [0.4, 0.5) is 10.1 Å². The van der Waals surface area contributed by atoms with E-state index in [1.54, 1.807) is 36.6 Å². The maximum Gasteiger partial charge on any atom is 0.262 e. The molecule has 0 aliphatic carbocycles. The van der Waals surface area contributed by atoms with Gasteiger partial charge in [0.1, 0.15) is 17.6 Å². The number of amides is 1. The molecule has 7 heteroatoms. The normalized spacial score (nSPS) is 16.1. The van der Waals surface area contributed by atoms with Gasteiger partial charge in [0.25, 0.3) is 5.91 Å². The molecule has 0 bridgehead atoms. The van der Waals surface area contributed by atoms with Gasteiger partial charge in [0, 0.05) is 17.1 Å². The van der Waals surface area contributed by atoms with Crippen LogP contribution in [-0.2, 0) is 4.79 Å². The Labute approximate surface area is 166 Å². The number of benzene rings is 2. The number of rotatable bonds is 5. The fourth-order valence-corrected chi connectivity index (χ4v) is 3.24. The lowest BCUT2D eigenvalue weighted by atomic mass is 10.0. The summed E-state index contributed by atoms with van der Waals surface area (Å²) in [6, 6.07) is 16.6. The monoisotopic (exact) mass is 397 g/mol. The summed E-state index contributed by atoms with van der Waals surface area (Å²) in [5, 5.41) is 9.54. The Morgan fingerprint density at radius 3 is 2.75 bits per heavy atom. The van der Waals surface area contributed by atoms with Gasteiger partial charge >= 0.3 is 0 Å². The van der Waals surface area contributed by atoms with E-state index in [-0.39, 0.29) is 24.3 Å². The topological polar surface area (TPSA) is 57.8 Å². The number of nitrogens with one attached hydrogen (secondary N) is 1. The summed E-state index contributed by atoms with van der Waals surface area (Å²) in [4.78, 5) is 12.8. The van der Waals surface area contributed by atoms with Crippen LogP contribution >= 0.6 is 11.6 Å². The number of hydrazone groups is 1. The van der Waals surface area contributed by atoms with Crippen LogP contribution in [0.1, 0.15) is 23.8 Å². The molecule has 0 unspecified atom stereocenters. The summed E-state index contributed by atoms with van der Waals surface area (Å²) >= 11 is 5.96. The van der Waals surface area contributed by atoms with Gasteiger partial charge in [0.2, 0.25) is 0 Å². The molecule has 1 aliphatic heterocycles. The first-order valence-electron chi connectivity index (χ1n) is 8.78. The molecule has 0 spiro atoms. The average molecular weight is 398 g/mol. The van der Waals surface area contributed by atoms with Crippen molar-refractivity contribution in [2.24, 2.45) is 5.10 Å². The van der Waals surface area contributed by atoms with Gasteiger partial charge in [0.05, 0.1) is 18.5 Å². The average Bonchev–Trinajstić information content (AvgIpc) is 3.36. The molecular formula is C21H17ClFN3O2. The Balaban J connectivity index is 1.55. The fraction of sp³-hybridized carbons (Fsp3) is 0.143. The standard InChI is InChI=1S/C21H17ClFN3O2/c22-15-8-6-14(7-9-15)18-12-19(20-5-2-10-28-20)26(25-18)21(27)13-24-17-4-1-3-16(23)11-17/h1-11,19,24H,12-13H2/t19-/m0/s1. The number of hydrogen-bond acceptors (Lipinski definition) is 4. The number of furan rings is 1. The Bertz CT molecular complexity index is 1000. The van der Waals surface area contributed by atoms with Crippen LogP contribution in [0.2, 0.25) is 5.02 Å². The number of carbonyl (C=O) groups excluding carboxylic acids is 1. The van der Waals surface area contributed by atoms with Gasteiger partial charge in [-0.2, -0.15) is 5.10 Å². The van der Waals surface area contributed by atoms with Gasteiger partial charge < -0.3 is 9.73 Å². The fourth-order valence-electron chi connectivity index (χ4n) is 3.12. The molecule has 0 radical (unpaired) electrons. The van der Waals surface area contributed by atoms with Crippen LogP contribution in [0.25, 0.3) is 0 Å². The summed E-state index contributed by atoms with van der Waals surface area (Å²) < 4.78 is 18.9. The zero-order chi connectivity index (χ0) is 19.5. The third-order valence-electron chi connectivity index (χ3n) is 4.48. The molecule has 2 heterocycles. The van der Waals surface area contributed by atoms with E-state index < -0.39 is 0 Å². The van der Waals surface area contributed by atoms with Crippen molar-refractivity contribution < 1.29 is 13.6 Å². The van der Waals surface area contributed by atoms with Crippen LogP contribution in [-0.4, -0.2) is 23.2 Å². The van der Waals surface area contributed by atoms with Crippen LogP contribution in [0, 0.1) is 5.82 Å². The minimum absolute atomic E-state index is 0.0158. The van der Waals surface area contributed by atoms with Gasteiger partial charge in [-0.3, -0.25) is 4.79 Å². The summed E-state index contributed by atoms with van der Waals surface area (Å²) in [5.41, 5.74) is 2.20. The minimum atomic E-state index is -0.366. The molecule has 142 valence electrons. The molecule has 1 aliphatic rings. The highest BCUT2D eigenvalue weighted by Crippen LogP contribution is 2.33. The van der Waals surface area contributed by atoms with Gasteiger partial charge in [-0.05, 0) is 48.0 Å². The van der Waals surface area contributed by atoms with Crippen molar-refractivity contribution >= 4 is 28.9 Å². The lowest BCUT2D eigenvalue weighted by molar-refractivity contribution is -0.131. The van der Waals surface area contributed by atoms with E-state index in [1.165, 1.54) is 17.1 Å². The molecule has 0 saturated carbocycles. The molecule has 1 atom stereocenters. The van der Waals surface area contributed by atoms with Crippen molar-refractivity contribution in [1.82, 2.24) is 5.01 Å². The number of nitrogens with zero attached hydrogens (tertiary/aromatic N) is 2. The molecule has 0 fully saturated rings. The highest BCUT2D eigenvalue weighted by atomic mass is 35.5. The van der Waals surface area contributed by atoms with Gasteiger partial charge in [0.15, 0.2) is 0 Å². The number of anilines is 1. The van der Waals surface area contributed by atoms with Gasteiger partial charge in [-0.15, -0.1) is 0 Å². The van der Waals surface area contributed by atoms with Crippen molar-refractivity contribution in [3.8, 4) is 0 Å². The molecule has 1 aromatic heterocycles. The number of carbonyl (C=O) groups is 1. The van der Waals surface area contributed by atoms with Crippen LogP contribution in [0.5, 0.6) is 0 Å². The molecule has 28 heavy (non-hydrogen) atoms. The van der Waals surface area contributed by atoms with Gasteiger partial charge in [-0.25, -0.2) is 9.40 Å². The molecule has 3 aromatic rings. The second-order valence-corrected chi connectivity index (χ2v) is 6.83. The Morgan fingerprint density at radius 2 is 2.04 bits per heavy atom. The van der Waals surface area contributed by atoms with Crippen LogP contribution < -0.4 is 5.32 Å². The molecule has 2 aromatic carbocycles. The van der Waals surface area contributed by atoms with E-state index in [0.717, 1.165) is 11.3 Å². The van der Waals surface area contributed by atoms with Crippen molar-refractivity contribution in [2.45, 2.75) is 12.5 Å². The maximum absolute atomic E-state index is 13.3. The highest BCUT2D eigenvalue weighted by Gasteiger charge is 2.34. The number of halogens is 2. The summed E-state index contributed by atoms with van der Waals surface area (Å²) in [7, 11) is 0. The lowest BCUT2D eigenvalue weighted by Gasteiger charge is -2.20. The number of hydrogen-bond donors (Lipinski definition) is 1. The quantitative estimate of drug-likeness (QED) is 0.668. The van der Waals surface area contributed by atoms with Crippen LogP contribution in [0.3, 0.4) is 0 Å². The molecule has 1 amide bonds. The molecule has 5 nitrogen and oxygen atoms in total. The predicted octanol–water partition coefficient (Wildman–Crippen LogP) is 4.86. The minimum Gasteiger partial charge on any atom is -0.467 e. The zero-order valence-corrected chi connectivity index (χ0v) is 15.6. The lowest BCUT2D eigenvalue weighted by Crippen LogP contribution is -2.32. The first-order chi connectivity index (χ1) is 13.6. The van der Waals surface area contributed by atoms with Crippen molar-refractivity contribution in [3.05, 3.63) is 89.1 Å². The first-order valence-corrected chi connectivity index (χ1v) is 9.16. The van der Waals surface area contributed by atoms with Crippen LogP contribution in [0.15, 0.2) is 76.4 Å². The van der Waals surface area contributed by atoms with E-state index >= 15 is 0 Å². The van der Waals surface area contributed by atoms with Gasteiger partial charge in [-0.1, -0.05) is 29.8 Å². The molecule has 1 N–H and O–H groups in total. The summed E-state index contributed by atoms with van der Waals surface area (Å²) in [6.45, 7) is -0.0158. The first kappa shape index (κ1) is 18.3. The van der Waals surface area contributed by atoms with E-state index in [2.05, 4.69) is 10.4 Å². The highest BCUT2D eigenvalue weighted by molar-refractivity contribution is 6.30. The second kappa shape index (κ2) is 7.86. The molecular weight excluding hydrogens is 381 g/mol. The summed E-state index contributed by atoms with van der Waals surface area (Å²) in [5.74, 6) is 0.0524. The van der Waals surface area contributed by atoms with Crippen molar-refractivity contribution in [1.29, 1.82) is 0 Å². The van der Waals surface area contributed by atoms with E-state index in [9.17, 15) is 9.18 Å². The smallest absolute Gasteiger partial charge is 0.262 e. The van der Waals surface area contributed by atoms with E-state index in [1.807, 2.05) is 18.2 Å².